The van der Waals surface area contributed by atoms with Gasteiger partial charge in [0.25, 0.3) is 0 Å². The number of aromatic nitrogens is 2. The maximum atomic E-state index is 12.0. The quantitative estimate of drug-likeness (QED) is 0.601. The van der Waals surface area contributed by atoms with Gasteiger partial charge in [0.1, 0.15) is 17.0 Å². The third-order valence-corrected chi connectivity index (χ3v) is 5.36. The number of piperazine rings is 1. The predicted octanol–water partition coefficient (Wildman–Crippen LogP) is 2.95. The number of carbonyl (C=O) groups excluding carboxylic acids is 2. The topological polar surface area (TPSA) is 75.6 Å². The van der Waals surface area contributed by atoms with Gasteiger partial charge in [0, 0.05) is 26.2 Å². The van der Waals surface area contributed by atoms with E-state index >= 15 is 0 Å². The van der Waals surface area contributed by atoms with Crippen molar-refractivity contribution >= 4 is 39.2 Å². The fourth-order valence-corrected chi connectivity index (χ4v) is 3.65. The van der Waals surface area contributed by atoms with Gasteiger partial charge < -0.3 is 14.5 Å². The molecular weight excluding hydrogens is 340 g/mol. The molecule has 2 aromatic rings. The van der Waals surface area contributed by atoms with Crippen molar-refractivity contribution < 1.29 is 14.3 Å². The smallest absolute Gasteiger partial charge is 0.409 e. The lowest BCUT2D eigenvalue weighted by Crippen LogP contribution is -2.49. The molecule has 7 nitrogen and oxygen atoms in total. The molecule has 1 fully saturated rings. The molecule has 2 aromatic heterocycles. The molecule has 0 atom stereocenters. The lowest BCUT2D eigenvalue weighted by Gasteiger charge is -2.34. The van der Waals surface area contributed by atoms with E-state index in [9.17, 15) is 9.59 Å². The van der Waals surface area contributed by atoms with E-state index < -0.39 is 0 Å². The maximum Gasteiger partial charge on any atom is 0.409 e. The fraction of sp³-hybridized carbons (Fsp3) is 0.529. The lowest BCUT2D eigenvalue weighted by atomic mass is 10.2. The van der Waals surface area contributed by atoms with Crippen molar-refractivity contribution in [1.29, 1.82) is 0 Å². The van der Waals surface area contributed by atoms with Gasteiger partial charge in [0.2, 0.25) is 0 Å². The number of rotatable bonds is 5. The second-order valence-corrected chi connectivity index (χ2v) is 7.06. The minimum Gasteiger partial charge on any atom is -0.449 e. The van der Waals surface area contributed by atoms with Crippen LogP contribution in [-0.4, -0.2) is 59.5 Å². The van der Waals surface area contributed by atoms with Gasteiger partial charge in [0.15, 0.2) is 5.78 Å². The van der Waals surface area contributed by atoms with Gasteiger partial charge in [-0.2, -0.15) is 0 Å². The molecular formula is C17H22N4O3S. The van der Waals surface area contributed by atoms with Crippen LogP contribution in [0.1, 0.15) is 36.4 Å². The molecule has 0 saturated carbocycles. The van der Waals surface area contributed by atoms with E-state index in [2.05, 4.69) is 21.8 Å². The van der Waals surface area contributed by atoms with Crippen LogP contribution < -0.4 is 4.90 Å². The van der Waals surface area contributed by atoms with Crippen LogP contribution in [0.15, 0.2) is 12.4 Å². The predicted molar refractivity (Wildman–Crippen MR) is 97.5 cm³/mol. The van der Waals surface area contributed by atoms with E-state index in [1.807, 2.05) is 6.07 Å². The Labute approximate surface area is 150 Å². The maximum absolute atomic E-state index is 12.0. The number of anilines is 1. The Hall–Kier alpha value is -2.22. The molecule has 25 heavy (non-hydrogen) atoms. The largest absolute Gasteiger partial charge is 0.449 e. The van der Waals surface area contributed by atoms with Gasteiger partial charge >= 0.3 is 6.09 Å². The Balaban J connectivity index is 1.68. The zero-order valence-corrected chi connectivity index (χ0v) is 15.3. The van der Waals surface area contributed by atoms with E-state index in [0.29, 0.717) is 37.7 Å². The van der Waals surface area contributed by atoms with E-state index in [4.69, 9.17) is 4.74 Å². The SMILES string of the molecule is CCCCOC(=O)N1CCN(c2ncnc3sc(C(C)=O)cc23)CC1. The third-order valence-electron chi connectivity index (χ3n) is 4.22. The van der Waals surface area contributed by atoms with Crippen molar-refractivity contribution in [2.24, 2.45) is 0 Å². The summed E-state index contributed by atoms with van der Waals surface area (Å²) in [5.41, 5.74) is 0. The van der Waals surface area contributed by atoms with Crippen LogP contribution in [0.2, 0.25) is 0 Å². The number of carbonyl (C=O) groups is 2. The summed E-state index contributed by atoms with van der Waals surface area (Å²) >= 11 is 1.39. The van der Waals surface area contributed by atoms with Crippen molar-refractivity contribution in [2.75, 3.05) is 37.7 Å². The van der Waals surface area contributed by atoms with Crippen molar-refractivity contribution in [3.63, 3.8) is 0 Å². The highest BCUT2D eigenvalue weighted by atomic mass is 32.1. The molecule has 0 bridgehead atoms. The summed E-state index contributed by atoms with van der Waals surface area (Å²) in [4.78, 5) is 37.7. The molecule has 3 rings (SSSR count). The summed E-state index contributed by atoms with van der Waals surface area (Å²) in [6, 6.07) is 1.86. The summed E-state index contributed by atoms with van der Waals surface area (Å²) < 4.78 is 5.27. The zero-order chi connectivity index (χ0) is 17.8. The van der Waals surface area contributed by atoms with Crippen LogP contribution in [0.5, 0.6) is 0 Å². The number of thiophene rings is 1. The number of fused-ring (bicyclic) bond motifs is 1. The number of amides is 1. The van der Waals surface area contributed by atoms with E-state index in [0.717, 1.165) is 28.9 Å². The number of hydrogen-bond donors (Lipinski definition) is 0. The Morgan fingerprint density at radius 1 is 1.24 bits per heavy atom. The van der Waals surface area contributed by atoms with Crippen LogP contribution >= 0.6 is 11.3 Å². The Bertz CT molecular complexity index is 768. The Morgan fingerprint density at radius 3 is 2.68 bits per heavy atom. The van der Waals surface area contributed by atoms with E-state index in [-0.39, 0.29) is 11.9 Å². The van der Waals surface area contributed by atoms with Crippen molar-refractivity contribution in [2.45, 2.75) is 26.7 Å². The summed E-state index contributed by atoms with van der Waals surface area (Å²) in [7, 11) is 0. The van der Waals surface area contributed by atoms with Crippen molar-refractivity contribution in [1.82, 2.24) is 14.9 Å². The molecule has 0 radical (unpaired) electrons. The van der Waals surface area contributed by atoms with Gasteiger partial charge in [-0.05, 0) is 19.4 Å². The minimum atomic E-state index is -0.240. The summed E-state index contributed by atoms with van der Waals surface area (Å²) in [5.74, 6) is 0.862. The van der Waals surface area contributed by atoms with Gasteiger partial charge in [-0.1, -0.05) is 13.3 Å². The molecule has 0 spiro atoms. The summed E-state index contributed by atoms with van der Waals surface area (Å²) in [5, 5.41) is 0.900. The first kappa shape index (κ1) is 17.6. The number of nitrogens with zero attached hydrogens (tertiary/aromatic N) is 4. The average molecular weight is 362 g/mol. The van der Waals surface area contributed by atoms with E-state index in [1.54, 1.807) is 11.8 Å². The number of ether oxygens (including phenoxy) is 1. The molecule has 0 aliphatic carbocycles. The standard InChI is InChI=1S/C17H22N4O3S/c1-3-4-9-24-17(23)21-7-5-20(6-8-21)15-13-10-14(12(2)22)25-16(13)19-11-18-15/h10-11H,3-9H2,1-2H3. The molecule has 0 N–H and O–H groups in total. The monoisotopic (exact) mass is 362 g/mol. The van der Waals surface area contributed by atoms with Crippen molar-refractivity contribution in [3.05, 3.63) is 17.3 Å². The lowest BCUT2D eigenvalue weighted by molar-refractivity contribution is 0.0987. The van der Waals surface area contributed by atoms with Crippen LogP contribution in [-0.2, 0) is 4.74 Å². The molecule has 8 heteroatoms. The van der Waals surface area contributed by atoms with Crippen molar-refractivity contribution in [3.8, 4) is 0 Å². The number of Topliss-reactive ketones (excluding diaryl/α,β-unsaturated/α-hetero) is 1. The van der Waals surface area contributed by atoms with Gasteiger partial charge in [0.05, 0.1) is 16.9 Å². The zero-order valence-electron chi connectivity index (χ0n) is 14.5. The number of hydrogen-bond acceptors (Lipinski definition) is 7. The molecule has 3 heterocycles. The summed E-state index contributed by atoms with van der Waals surface area (Å²) in [6.07, 6.45) is 3.19. The third kappa shape index (κ3) is 3.89. The second kappa shape index (κ2) is 7.77. The second-order valence-electron chi connectivity index (χ2n) is 6.02. The first-order chi connectivity index (χ1) is 12.1. The molecule has 1 saturated heterocycles. The Morgan fingerprint density at radius 2 is 2.00 bits per heavy atom. The Kier molecular flexibility index (Phi) is 5.47. The highest BCUT2D eigenvalue weighted by molar-refractivity contribution is 7.20. The molecule has 1 aliphatic heterocycles. The molecule has 1 aliphatic rings. The molecule has 134 valence electrons. The van der Waals surface area contributed by atoms with Gasteiger partial charge in [-0.25, -0.2) is 14.8 Å². The first-order valence-electron chi connectivity index (χ1n) is 8.52. The van der Waals surface area contributed by atoms with Crippen LogP contribution in [0, 0.1) is 0 Å². The van der Waals surface area contributed by atoms with Crippen LogP contribution in [0.25, 0.3) is 10.2 Å². The fourth-order valence-electron chi connectivity index (χ4n) is 2.76. The van der Waals surface area contributed by atoms with E-state index in [1.165, 1.54) is 17.7 Å². The number of ketones is 1. The number of unbranched alkanes of at least 4 members (excludes halogenated alkanes) is 1. The minimum absolute atomic E-state index is 0.0357. The molecule has 1 amide bonds. The average Bonchev–Trinajstić information content (AvgIpc) is 3.06. The van der Waals surface area contributed by atoms with Crippen LogP contribution in [0.4, 0.5) is 10.6 Å². The normalized spacial score (nSPS) is 14.8. The van der Waals surface area contributed by atoms with Gasteiger partial charge in [-0.15, -0.1) is 11.3 Å². The highest BCUT2D eigenvalue weighted by Crippen LogP contribution is 2.30. The molecule has 0 aromatic carbocycles. The highest BCUT2D eigenvalue weighted by Gasteiger charge is 2.24. The van der Waals surface area contributed by atoms with Gasteiger partial charge in [-0.3, -0.25) is 4.79 Å². The first-order valence-corrected chi connectivity index (χ1v) is 9.34. The van der Waals surface area contributed by atoms with Crippen LogP contribution in [0.3, 0.4) is 0 Å². The summed E-state index contributed by atoms with van der Waals surface area (Å²) in [6.45, 7) is 6.66. The molecule has 0 unspecified atom stereocenters.